The highest BCUT2D eigenvalue weighted by molar-refractivity contribution is 6.62. The van der Waals surface area contributed by atoms with E-state index in [1.54, 1.807) is 12.1 Å². The van der Waals surface area contributed by atoms with Gasteiger partial charge in [-0.15, -0.1) is 0 Å². The maximum absolute atomic E-state index is 12.9. The first kappa shape index (κ1) is 16.9. The monoisotopic (exact) mass is 324 g/mol. The summed E-state index contributed by atoms with van der Waals surface area (Å²) >= 11 is 0. The van der Waals surface area contributed by atoms with Gasteiger partial charge in [-0.05, 0) is 56.4 Å². The average Bonchev–Trinajstić information content (AvgIpc) is 2.75. The molecule has 0 N–H and O–H groups in total. The molecule has 0 radical (unpaired) electrons. The van der Waals surface area contributed by atoms with Gasteiger partial charge in [0.25, 0.3) is 0 Å². The Labute approximate surface area is 143 Å². The van der Waals surface area contributed by atoms with Gasteiger partial charge in [0.2, 0.25) is 0 Å². The summed E-state index contributed by atoms with van der Waals surface area (Å²) in [5, 5.41) is 0. The van der Waals surface area contributed by atoms with Gasteiger partial charge in [-0.25, -0.2) is 4.39 Å². The van der Waals surface area contributed by atoms with Crippen LogP contribution in [-0.4, -0.2) is 18.3 Å². The first-order valence-corrected chi connectivity index (χ1v) is 8.16. The van der Waals surface area contributed by atoms with Gasteiger partial charge in [-0.3, -0.25) is 0 Å². The summed E-state index contributed by atoms with van der Waals surface area (Å²) in [5.41, 5.74) is 2.37. The SMILES string of the molecule is CC1(C)OB(c2ccc(/C=C/c3ccc(F)cc3)cc2)OC1(C)C. The maximum atomic E-state index is 12.9. The average molecular weight is 324 g/mol. The number of benzene rings is 2. The summed E-state index contributed by atoms with van der Waals surface area (Å²) in [5.74, 6) is -0.223. The molecule has 0 atom stereocenters. The number of hydrogen-bond donors (Lipinski definition) is 0. The molecule has 2 aromatic carbocycles. The highest BCUT2D eigenvalue weighted by atomic mass is 19.1. The molecule has 0 bridgehead atoms. The molecule has 0 amide bonds. The highest BCUT2D eigenvalue weighted by Gasteiger charge is 2.51. The van der Waals surface area contributed by atoms with E-state index in [0.717, 1.165) is 16.6 Å². The number of halogens is 1. The first-order chi connectivity index (χ1) is 11.3. The molecule has 0 aliphatic carbocycles. The molecule has 0 unspecified atom stereocenters. The van der Waals surface area contributed by atoms with E-state index in [2.05, 4.69) is 0 Å². The summed E-state index contributed by atoms with van der Waals surface area (Å²) in [4.78, 5) is 0. The lowest BCUT2D eigenvalue weighted by molar-refractivity contribution is 0.00578. The van der Waals surface area contributed by atoms with Crippen LogP contribution in [0.4, 0.5) is 4.39 Å². The summed E-state index contributed by atoms with van der Waals surface area (Å²) in [6.07, 6.45) is 3.96. The predicted molar refractivity (Wildman–Crippen MR) is 97.5 cm³/mol. The van der Waals surface area contributed by atoms with Gasteiger partial charge in [0.15, 0.2) is 0 Å². The molecule has 0 aromatic heterocycles. The minimum Gasteiger partial charge on any atom is -0.399 e. The molecule has 2 nitrogen and oxygen atoms in total. The molecular weight excluding hydrogens is 302 g/mol. The normalized spacial score (nSPS) is 19.1. The molecular formula is C20H22BFO2. The van der Waals surface area contributed by atoms with E-state index in [1.807, 2.05) is 64.1 Å². The Hall–Kier alpha value is -1.91. The molecule has 3 rings (SSSR count). The van der Waals surface area contributed by atoms with Crippen molar-refractivity contribution in [2.45, 2.75) is 38.9 Å². The van der Waals surface area contributed by atoms with Crippen LogP contribution in [0.1, 0.15) is 38.8 Å². The van der Waals surface area contributed by atoms with Gasteiger partial charge < -0.3 is 9.31 Å². The van der Waals surface area contributed by atoms with E-state index in [4.69, 9.17) is 9.31 Å². The lowest BCUT2D eigenvalue weighted by atomic mass is 9.79. The van der Waals surface area contributed by atoms with Crippen molar-refractivity contribution in [1.29, 1.82) is 0 Å². The van der Waals surface area contributed by atoms with Crippen LogP contribution in [0.15, 0.2) is 48.5 Å². The highest BCUT2D eigenvalue weighted by Crippen LogP contribution is 2.36. The van der Waals surface area contributed by atoms with E-state index in [-0.39, 0.29) is 24.1 Å². The Morgan fingerprint density at radius 2 is 1.17 bits per heavy atom. The third-order valence-corrected chi connectivity index (χ3v) is 4.80. The van der Waals surface area contributed by atoms with E-state index in [9.17, 15) is 4.39 Å². The Kier molecular flexibility index (Phi) is 4.37. The standard InChI is InChI=1S/C20H22BFO2/c1-19(2)20(3,4)24-21(23-19)17-11-7-15(8-12-17)5-6-16-9-13-18(22)14-10-16/h5-14H,1-4H3/b6-5+. The summed E-state index contributed by atoms with van der Waals surface area (Å²) in [6.45, 7) is 8.19. The van der Waals surface area contributed by atoms with Crippen LogP contribution in [0, 0.1) is 5.82 Å². The topological polar surface area (TPSA) is 18.5 Å². The van der Waals surface area contributed by atoms with Crippen molar-refractivity contribution in [3.63, 3.8) is 0 Å². The van der Waals surface area contributed by atoms with Crippen molar-refractivity contribution in [2.24, 2.45) is 0 Å². The minimum atomic E-state index is -0.342. The van der Waals surface area contributed by atoms with E-state index in [0.29, 0.717) is 0 Å². The van der Waals surface area contributed by atoms with Crippen molar-refractivity contribution < 1.29 is 13.7 Å². The van der Waals surface area contributed by atoms with Crippen LogP contribution in [-0.2, 0) is 9.31 Å². The molecule has 1 aliphatic rings. The fourth-order valence-electron chi connectivity index (χ4n) is 2.51. The van der Waals surface area contributed by atoms with Crippen molar-refractivity contribution in [1.82, 2.24) is 0 Å². The van der Waals surface area contributed by atoms with E-state index >= 15 is 0 Å². The lowest BCUT2D eigenvalue weighted by Gasteiger charge is -2.32. The van der Waals surface area contributed by atoms with Gasteiger partial charge in [0, 0.05) is 0 Å². The molecule has 1 saturated heterocycles. The van der Waals surface area contributed by atoms with Gasteiger partial charge in [-0.2, -0.15) is 0 Å². The lowest BCUT2D eigenvalue weighted by Crippen LogP contribution is -2.41. The second kappa shape index (κ2) is 6.19. The molecule has 124 valence electrons. The Morgan fingerprint density at radius 1 is 0.750 bits per heavy atom. The zero-order valence-electron chi connectivity index (χ0n) is 14.5. The van der Waals surface area contributed by atoms with Crippen LogP contribution in [0.3, 0.4) is 0 Å². The Bertz CT molecular complexity index is 717. The number of rotatable bonds is 3. The molecule has 1 aliphatic heterocycles. The van der Waals surface area contributed by atoms with Crippen molar-refractivity contribution in [2.75, 3.05) is 0 Å². The summed E-state index contributed by atoms with van der Waals surface area (Å²) in [7, 11) is -0.342. The zero-order valence-corrected chi connectivity index (χ0v) is 14.5. The third-order valence-electron chi connectivity index (χ3n) is 4.80. The fraction of sp³-hybridized carbons (Fsp3) is 0.300. The summed E-state index contributed by atoms with van der Waals surface area (Å²) < 4.78 is 25.0. The van der Waals surface area contributed by atoms with Crippen molar-refractivity contribution in [3.05, 3.63) is 65.5 Å². The Morgan fingerprint density at radius 3 is 1.62 bits per heavy atom. The first-order valence-electron chi connectivity index (χ1n) is 8.16. The smallest absolute Gasteiger partial charge is 0.399 e. The second-order valence-corrected chi connectivity index (χ2v) is 7.14. The maximum Gasteiger partial charge on any atom is 0.494 e. The zero-order chi connectivity index (χ0) is 17.4. The van der Waals surface area contributed by atoms with E-state index in [1.165, 1.54) is 12.1 Å². The van der Waals surface area contributed by atoms with Gasteiger partial charge in [0.05, 0.1) is 11.2 Å². The van der Waals surface area contributed by atoms with Crippen LogP contribution in [0.2, 0.25) is 0 Å². The quantitative estimate of drug-likeness (QED) is 0.619. The molecule has 0 spiro atoms. The Balaban J connectivity index is 1.71. The second-order valence-electron chi connectivity index (χ2n) is 7.14. The third kappa shape index (κ3) is 3.45. The van der Waals surface area contributed by atoms with Crippen LogP contribution in [0.5, 0.6) is 0 Å². The largest absolute Gasteiger partial charge is 0.494 e. The van der Waals surface area contributed by atoms with Gasteiger partial charge >= 0.3 is 7.12 Å². The minimum absolute atomic E-state index is 0.223. The predicted octanol–water partition coefficient (Wildman–Crippen LogP) is 4.30. The molecule has 2 aromatic rings. The molecule has 1 fully saturated rings. The van der Waals surface area contributed by atoms with Crippen molar-refractivity contribution >= 4 is 24.7 Å². The van der Waals surface area contributed by atoms with Gasteiger partial charge in [-0.1, -0.05) is 48.6 Å². The van der Waals surface area contributed by atoms with Crippen LogP contribution >= 0.6 is 0 Å². The molecule has 4 heteroatoms. The number of hydrogen-bond acceptors (Lipinski definition) is 2. The van der Waals surface area contributed by atoms with E-state index < -0.39 is 0 Å². The van der Waals surface area contributed by atoms with Crippen molar-refractivity contribution in [3.8, 4) is 0 Å². The molecule has 1 heterocycles. The fourth-order valence-corrected chi connectivity index (χ4v) is 2.51. The van der Waals surface area contributed by atoms with Gasteiger partial charge in [0.1, 0.15) is 5.82 Å². The van der Waals surface area contributed by atoms with Crippen LogP contribution in [0.25, 0.3) is 12.2 Å². The summed E-state index contributed by atoms with van der Waals surface area (Å²) in [6, 6.07) is 14.5. The molecule has 24 heavy (non-hydrogen) atoms. The molecule has 0 saturated carbocycles. The van der Waals surface area contributed by atoms with Crippen LogP contribution < -0.4 is 5.46 Å².